The summed E-state index contributed by atoms with van der Waals surface area (Å²) in [6.07, 6.45) is 0. The third-order valence-electron chi connectivity index (χ3n) is 2.38. The molecule has 2 rings (SSSR count). The molecular formula is C13H8Cl3F. The van der Waals surface area contributed by atoms with Gasteiger partial charge in [-0.1, -0.05) is 29.3 Å². The zero-order valence-electron chi connectivity index (χ0n) is 8.68. The van der Waals surface area contributed by atoms with E-state index in [9.17, 15) is 4.39 Å². The summed E-state index contributed by atoms with van der Waals surface area (Å²) in [5.74, 6) is -0.0745. The van der Waals surface area contributed by atoms with Crippen LogP contribution in [0.3, 0.4) is 0 Å². The van der Waals surface area contributed by atoms with Crippen LogP contribution in [-0.2, 0) is 5.88 Å². The van der Waals surface area contributed by atoms with Gasteiger partial charge in [-0.25, -0.2) is 4.39 Å². The van der Waals surface area contributed by atoms with Gasteiger partial charge in [-0.3, -0.25) is 0 Å². The molecule has 2 aromatic carbocycles. The Kier molecular flexibility index (Phi) is 3.93. The van der Waals surface area contributed by atoms with Gasteiger partial charge in [0, 0.05) is 15.9 Å². The van der Waals surface area contributed by atoms with Gasteiger partial charge in [-0.05, 0) is 47.0 Å². The SMILES string of the molecule is Fc1ccc(-c2cc(Cl)cc(Cl)c2)c(CCl)c1. The first-order valence-electron chi connectivity index (χ1n) is 4.91. The van der Waals surface area contributed by atoms with Crippen LogP contribution in [0.4, 0.5) is 4.39 Å². The van der Waals surface area contributed by atoms with Crippen molar-refractivity contribution < 1.29 is 4.39 Å². The van der Waals surface area contributed by atoms with E-state index in [0.717, 1.165) is 11.1 Å². The maximum absolute atomic E-state index is 13.1. The predicted octanol–water partition coefficient (Wildman–Crippen LogP) is 5.54. The van der Waals surface area contributed by atoms with E-state index in [1.54, 1.807) is 24.3 Å². The van der Waals surface area contributed by atoms with Gasteiger partial charge in [0.15, 0.2) is 0 Å². The lowest BCUT2D eigenvalue weighted by molar-refractivity contribution is 0.626. The molecule has 0 atom stereocenters. The average Bonchev–Trinajstić information content (AvgIpc) is 2.27. The second kappa shape index (κ2) is 5.26. The number of alkyl halides is 1. The van der Waals surface area contributed by atoms with Gasteiger partial charge < -0.3 is 0 Å². The average molecular weight is 290 g/mol. The molecule has 0 heterocycles. The van der Waals surface area contributed by atoms with Crippen LogP contribution < -0.4 is 0 Å². The standard InChI is InChI=1S/C13H8Cl3F/c14-7-9-5-12(17)1-2-13(9)8-3-10(15)6-11(16)4-8/h1-6H,7H2. The van der Waals surface area contributed by atoms with Crippen LogP contribution in [0.2, 0.25) is 10.0 Å². The summed E-state index contributed by atoms with van der Waals surface area (Å²) >= 11 is 17.7. The Morgan fingerprint density at radius 2 is 1.59 bits per heavy atom. The first kappa shape index (κ1) is 12.7. The number of halogens is 4. The largest absolute Gasteiger partial charge is 0.207 e. The van der Waals surface area contributed by atoms with E-state index < -0.39 is 0 Å². The quantitative estimate of drug-likeness (QED) is 0.637. The van der Waals surface area contributed by atoms with Crippen LogP contribution in [0.1, 0.15) is 5.56 Å². The number of hydrogen-bond donors (Lipinski definition) is 0. The van der Waals surface area contributed by atoms with E-state index in [1.165, 1.54) is 12.1 Å². The summed E-state index contributed by atoms with van der Waals surface area (Å²) in [6.45, 7) is 0. The van der Waals surface area contributed by atoms with Gasteiger partial charge in [-0.15, -0.1) is 11.6 Å². The van der Waals surface area contributed by atoms with Crippen LogP contribution in [0, 0.1) is 5.82 Å². The van der Waals surface area contributed by atoms with Gasteiger partial charge in [0.05, 0.1) is 0 Å². The van der Waals surface area contributed by atoms with Gasteiger partial charge in [0.2, 0.25) is 0 Å². The van der Waals surface area contributed by atoms with E-state index in [4.69, 9.17) is 34.8 Å². The van der Waals surface area contributed by atoms with Crippen molar-refractivity contribution in [3.8, 4) is 11.1 Å². The highest BCUT2D eigenvalue weighted by atomic mass is 35.5. The molecule has 0 aromatic heterocycles. The smallest absolute Gasteiger partial charge is 0.123 e. The molecule has 0 radical (unpaired) electrons. The highest BCUT2D eigenvalue weighted by Gasteiger charge is 2.07. The van der Waals surface area contributed by atoms with Gasteiger partial charge in [-0.2, -0.15) is 0 Å². The Labute approximate surface area is 114 Å². The highest BCUT2D eigenvalue weighted by Crippen LogP contribution is 2.30. The molecule has 0 fully saturated rings. The first-order valence-corrected chi connectivity index (χ1v) is 6.20. The Balaban J connectivity index is 2.59. The fourth-order valence-corrected chi connectivity index (χ4v) is 2.41. The second-order valence-corrected chi connectivity index (χ2v) is 4.73. The molecule has 0 nitrogen and oxygen atoms in total. The predicted molar refractivity (Wildman–Crippen MR) is 71.4 cm³/mol. The normalized spacial score (nSPS) is 10.6. The van der Waals surface area contributed by atoms with Crippen molar-refractivity contribution in [2.24, 2.45) is 0 Å². The number of rotatable bonds is 2. The molecule has 2 aromatic rings. The summed E-state index contributed by atoms with van der Waals surface area (Å²) in [5.41, 5.74) is 2.38. The van der Waals surface area contributed by atoms with Crippen molar-refractivity contribution in [3.05, 3.63) is 57.8 Å². The Morgan fingerprint density at radius 3 is 2.18 bits per heavy atom. The summed E-state index contributed by atoms with van der Waals surface area (Å²) < 4.78 is 13.1. The molecule has 0 aliphatic carbocycles. The van der Waals surface area contributed by atoms with E-state index in [2.05, 4.69) is 0 Å². The molecule has 4 heteroatoms. The fraction of sp³-hybridized carbons (Fsp3) is 0.0769. The van der Waals surface area contributed by atoms with E-state index >= 15 is 0 Å². The third kappa shape index (κ3) is 2.92. The zero-order chi connectivity index (χ0) is 12.4. The minimum absolute atomic E-state index is 0.233. The minimum Gasteiger partial charge on any atom is -0.207 e. The summed E-state index contributed by atoms with van der Waals surface area (Å²) in [5, 5.41) is 1.08. The molecule has 0 aliphatic rings. The lowest BCUT2D eigenvalue weighted by Crippen LogP contribution is -1.88. The summed E-state index contributed by atoms with van der Waals surface area (Å²) in [7, 11) is 0. The van der Waals surface area contributed by atoms with Crippen molar-refractivity contribution in [2.75, 3.05) is 0 Å². The molecule has 0 saturated carbocycles. The molecule has 0 unspecified atom stereocenters. The molecule has 0 saturated heterocycles. The van der Waals surface area contributed by atoms with E-state index in [1.807, 2.05) is 0 Å². The molecule has 0 amide bonds. The van der Waals surface area contributed by atoms with Gasteiger partial charge in [0.25, 0.3) is 0 Å². The van der Waals surface area contributed by atoms with Crippen molar-refractivity contribution in [1.29, 1.82) is 0 Å². The van der Waals surface area contributed by atoms with E-state index in [-0.39, 0.29) is 11.7 Å². The van der Waals surface area contributed by atoms with Crippen LogP contribution in [0.15, 0.2) is 36.4 Å². The molecule has 88 valence electrons. The first-order chi connectivity index (χ1) is 8.10. The maximum Gasteiger partial charge on any atom is 0.123 e. The van der Waals surface area contributed by atoms with Crippen LogP contribution >= 0.6 is 34.8 Å². The molecule has 0 N–H and O–H groups in total. The molecule has 0 bridgehead atoms. The third-order valence-corrected chi connectivity index (χ3v) is 3.11. The van der Waals surface area contributed by atoms with Crippen molar-refractivity contribution in [1.82, 2.24) is 0 Å². The van der Waals surface area contributed by atoms with Crippen molar-refractivity contribution in [2.45, 2.75) is 5.88 Å². The van der Waals surface area contributed by atoms with E-state index in [0.29, 0.717) is 15.6 Å². The fourth-order valence-electron chi connectivity index (χ4n) is 1.66. The maximum atomic E-state index is 13.1. The van der Waals surface area contributed by atoms with Crippen LogP contribution in [0.25, 0.3) is 11.1 Å². The number of benzene rings is 2. The Hall–Kier alpha value is -0.760. The minimum atomic E-state index is -0.308. The van der Waals surface area contributed by atoms with Crippen LogP contribution in [-0.4, -0.2) is 0 Å². The van der Waals surface area contributed by atoms with Gasteiger partial charge in [0.1, 0.15) is 5.82 Å². The van der Waals surface area contributed by atoms with Gasteiger partial charge >= 0.3 is 0 Å². The zero-order valence-corrected chi connectivity index (χ0v) is 11.0. The highest BCUT2D eigenvalue weighted by molar-refractivity contribution is 6.35. The lowest BCUT2D eigenvalue weighted by Gasteiger charge is -2.08. The molecule has 17 heavy (non-hydrogen) atoms. The topological polar surface area (TPSA) is 0 Å². The Morgan fingerprint density at radius 1 is 0.941 bits per heavy atom. The van der Waals surface area contributed by atoms with Crippen molar-refractivity contribution >= 4 is 34.8 Å². The second-order valence-electron chi connectivity index (χ2n) is 3.59. The Bertz CT molecular complexity index is 532. The summed E-state index contributed by atoms with van der Waals surface area (Å²) in [4.78, 5) is 0. The molecular weight excluding hydrogens is 281 g/mol. The molecule has 0 spiro atoms. The lowest BCUT2D eigenvalue weighted by atomic mass is 10.0. The summed E-state index contributed by atoms with van der Waals surface area (Å²) in [6, 6.07) is 9.68. The monoisotopic (exact) mass is 288 g/mol. The molecule has 0 aliphatic heterocycles. The van der Waals surface area contributed by atoms with Crippen molar-refractivity contribution in [3.63, 3.8) is 0 Å². The van der Waals surface area contributed by atoms with Crippen LogP contribution in [0.5, 0.6) is 0 Å². The number of hydrogen-bond acceptors (Lipinski definition) is 0.